The molecule has 0 bridgehead atoms. The molecule has 1 saturated carbocycles. The van der Waals surface area contributed by atoms with Crippen LogP contribution < -0.4 is 4.90 Å². The van der Waals surface area contributed by atoms with Gasteiger partial charge in [0.15, 0.2) is 0 Å². The Morgan fingerprint density at radius 2 is 1.02 bits per heavy atom. The van der Waals surface area contributed by atoms with Crippen molar-refractivity contribution in [2.75, 3.05) is 4.90 Å². The van der Waals surface area contributed by atoms with Gasteiger partial charge in [0.1, 0.15) is 11.2 Å². The van der Waals surface area contributed by atoms with Gasteiger partial charge in [-0.15, -0.1) is 0 Å². The summed E-state index contributed by atoms with van der Waals surface area (Å²) in [5, 5.41) is 2.24. The van der Waals surface area contributed by atoms with Gasteiger partial charge in [0, 0.05) is 38.7 Å². The number of anilines is 3. The van der Waals surface area contributed by atoms with Crippen LogP contribution in [0.4, 0.5) is 17.1 Å². The Bertz CT molecular complexity index is 2940. The summed E-state index contributed by atoms with van der Waals surface area (Å²) < 4.78 is 7.08. The second-order valence-electron chi connectivity index (χ2n) is 15.9. The summed E-state index contributed by atoms with van der Waals surface area (Å²) >= 11 is 0. The van der Waals surface area contributed by atoms with Crippen molar-refractivity contribution < 1.29 is 4.42 Å². The molecule has 3 aliphatic carbocycles. The lowest BCUT2D eigenvalue weighted by molar-refractivity contribution is 0.550. The molecule has 0 unspecified atom stereocenters. The maximum absolute atomic E-state index is 7.08. The first-order valence-electron chi connectivity index (χ1n) is 20.1. The summed E-state index contributed by atoms with van der Waals surface area (Å²) in [5.74, 6) is 0. The zero-order valence-corrected chi connectivity index (χ0v) is 31.1. The molecular weight excluding hydrogens is 679 g/mol. The fourth-order valence-corrected chi connectivity index (χ4v) is 11.1. The van der Waals surface area contributed by atoms with Gasteiger partial charge in [-0.2, -0.15) is 0 Å². The third kappa shape index (κ3) is 4.16. The summed E-state index contributed by atoms with van der Waals surface area (Å²) in [4.78, 5) is 2.53. The van der Waals surface area contributed by atoms with E-state index >= 15 is 0 Å². The van der Waals surface area contributed by atoms with Crippen LogP contribution >= 0.6 is 0 Å². The predicted molar refractivity (Wildman–Crippen MR) is 230 cm³/mol. The largest absolute Gasteiger partial charge is 0.456 e. The molecule has 8 aromatic carbocycles. The van der Waals surface area contributed by atoms with Crippen LogP contribution in [0, 0.1) is 0 Å². The number of hydrogen-bond acceptors (Lipinski definition) is 2. The quantitative estimate of drug-likeness (QED) is 0.176. The molecular formula is C54H39NO. The molecule has 0 amide bonds. The highest BCUT2D eigenvalue weighted by Gasteiger charge is 2.49. The van der Waals surface area contributed by atoms with Crippen LogP contribution in [-0.4, -0.2) is 0 Å². The molecule has 1 fully saturated rings. The lowest BCUT2D eigenvalue weighted by atomic mass is 9.67. The van der Waals surface area contributed by atoms with Gasteiger partial charge in [-0.25, -0.2) is 0 Å². The molecule has 1 aromatic heterocycles. The Morgan fingerprint density at radius 3 is 1.75 bits per heavy atom. The van der Waals surface area contributed by atoms with E-state index in [2.05, 4.69) is 193 Å². The van der Waals surface area contributed by atoms with E-state index in [0.717, 1.165) is 38.9 Å². The van der Waals surface area contributed by atoms with E-state index in [1.807, 2.05) is 0 Å². The van der Waals surface area contributed by atoms with Gasteiger partial charge in [-0.05, 0) is 93.7 Å². The molecule has 0 atom stereocenters. The van der Waals surface area contributed by atoms with Gasteiger partial charge in [-0.3, -0.25) is 0 Å². The average molecular weight is 718 g/mol. The summed E-state index contributed by atoms with van der Waals surface area (Å²) in [6, 6.07) is 69.7. The standard InChI is InChI=1S/C54H39NO/c1-3-18-36(19-4-1)54(45-27-12-7-22-39(45)40-23-8-13-28-46(40)54)48-35-38(34-43-41-24-10-14-31-50(41)56-52(43)48)55(37-20-5-2-6-21-37)49-30-17-29-47-51(49)42-25-9-11-26-44(42)53(47)32-15-16-33-53/h1-14,17-31,34-35H,15-16,32-33H2. The van der Waals surface area contributed by atoms with Crippen LogP contribution in [0.5, 0.6) is 0 Å². The van der Waals surface area contributed by atoms with E-state index < -0.39 is 5.41 Å². The Hall–Kier alpha value is -6.64. The molecule has 0 aliphatic heterocycles. The fourth-order valence-electron chi connectivity index (χ4n) is 11.1. The molecule has 9 aromatic rings. The summed E-state index contributed by atoms with van der Waals surface area (Å²) in [6.45, 7) is 0. The molecule has 266 valence electrons. The van der Waals surface area contributed by atoms with Crippen LogP contribution in [0.15, 0.2) is 192 Å². The van der Waals surface area contributed by atoms with Gasteiger partial charge in [0.05, 0.1) is 11.1 Å². The van der Waals surface area contributed by atoms with Crippen molar-refractivity contribution in [3.05, 3.63) is 221 Å². The minimum atomic E-state index is -0.641. The van der Waals surface area contributed by atoms with Crippen molar-refractivity contribution in [2.45, 2.75) is 36.5 Å². The zero-order valence-electron chi connectivity index (χ0n) is 31.1. The maximum Gasteiger partial charge on any atom is 0.140 e. The van der Waals surface area contributed by atoms with E-state index in [4.69, 9.17) is 4.42 Å². The molecule has 1 spiro atoms. The van der Waals surface area contributed by atoms with Gasteiger partial charge < -0.3 is 9.32 Å². The molecule has 0 N–H and O–H groups in total. The van der Waals surface area contributed by atoms with Gasteiger partial charge in [-0.1, -0.05) is 165 Å². The van der Waals surface area contributed by atoms with Gasteiger partial charge in [0.25, 0.3) is 0 Å². The Morgan fingerprint density at radius 1 is 0.429 bits per heavy atom. The predicted octanol–water partition coefficient (Wildman–Crippen LogP) is 14.3. The number of hydrogen-bond donors (Lipinski definition) is 0. The van der Waals surface area contributed by atoms with Crippen molar-refractivity contribution in [2.24, 2.45) is 0 Å². The van der Waals surface area contributed by atoms with Crippen LogP contribution in [-0.2, 0) is 10.8 Å². The first-order chi connectivity index (χ1) is 27.8. The molecule has 0 radical (unpaired) electrons. The number of furan rings is 1. The molecule has 2 heteroatoms. The fraction of sp³-hybridized carbons (Fsp3) is 0.111. The first-order valence-corrected chi connectivity index (χ1v) is 20.1. The number of fused-ring (bicyclic) bond motifs is 11. The Balaban J connectivity index is 1.23. The van der Waals surface area contributed by atoms with Crippen molar-refractivity contribution in [1.29, 1.82) is 0 Å². The second-order valence-corrected chi connectivity index (χ2v) is 15.9. The highest BCUT2D eigenvalue weighted by Crippen LogP contribution is 2.62. The Labute approximate surface area is 327 Å². The number of benzene rings is 8. The Kier molecular flexibility index (Phi) is 6.75. The van der Waals surface area contributed by atoms with Crippen LogP contribution in [0.25, 0.3) is 44.2 Å². The molecule has 2 nitrogen and oxygen atoms in total. The topological polar surface area (TPSA) is 16.4 Å². The summed E-state index contributed by atoms with van der Waals surface area (Å²) in [7, 11) is 0. The highest BCUT2D eigenvalue weighted by atomic mass is 16.3. The third-order valence-corrected chi connectivity index (χ3v) is 13.3. The second kappa shape index (κ2) is 11.9. The molecule has 56 heavy (non-hydrogen) atoms. The first kappa shape index (κ1) is 31.7. The smallest absolute Gasteiger partial charge is 0.140 e. The SMILES string of the molecule is c1ccc(N(c2cc(C3(c4ccccc4)c4ccccc4-c4ccccc43)c3oc4ccccc4c3c2)c2cccc3c2-c2ccccc2C32CCCC2)cc1. The molecule has 1 heterocycles. The molecule has 3 aliphatic rings. The third-order valence-electron chi connectivity index (χ3n) is 13.3. The zero-order chi connectivity index (χ0) is 36.8. The van der Waals surface area contributed by atoms with E-state index in [0.29, 0.717) is 0 Å². The highest BCUT2D eigenvalue weighted by molar-refractivity contribution is 6.09. The van der Waals surface area contributed by atoms with Crippen LogP contribution in [0.1, 0.15) is 59.1 Å². The van der Waals surface area contributed by atoms with E-state index in [1.54, 1.807) is 0 Å². The monoisotopic (exact) mass is 717 g/mol. The maximum atomic E-state index is 7.08. The number of rotatable bonds is 5. The van der Waals surface area contributed by atoms with E-state index in [-0.39, 0.29) is 5.41 Å². The summed E-state index contributed by atoms with van der Waals surface area (Å²) in [5.41, 5.74) is 17.8. The minimum absolute atomic E-state index is 0.0643. The van der Waals surface area contributed by atoms with E-state index in [9.17, 15) is 0 Å². The van der Waals surface area contributed by atoms with Crippen molar-refractivity contribution >= 4 is 39.0 Å². The molecule has 12 rings (SSSR count). The van der Waals surface area contributed by atoms with Crippen LogP contribution in [0.3, 0.4) is 0 Å². The normalized spacial score (nSPS) is 15.5. The van der Waals surface area contributed by atoms with Gasteiger partial charge >= 0.3 is 0 Å². The number of para-hydroxylation sites is 2. The average Bonchev–Trinajstić information content (AvgIpc) is 4.04. The van der Waals surface area contributed by atoms with Crippen LogP contribution in [0.2, 0.25) is 0 Å². The van der Waals surface area contributed by atoms with Gasteiger partial charge in [0.2, 0.25) is 0 Å². The minimum Gasteiger partial charge on any atom is -0.456 e. The van der Waals surface area contributed by atoms with Crippen molar-refractivity contribution in [3.8, 4) is 22.3 Å². The lowest BCUT2D eigenvalue weighted by Crippen LogP contribution is -2.29. The van der Waals surface area contributed by atoms with Crippen molar-refractivity contribution in [1.82, 2.24) is 0 Å². The lowest BCUT2D eigenvalue weighted by Gasteiger charge is -2.35. The van der Waals surface area contributed by atoms with Crippen molar-refractivity contribution in [3.63, 3.8) is 0 Å². The summed E-state index contributed by atoms with van der Waals surface area (Å²) in [6.07, 6.45) is 4.92. The molecule has 0 saturated heterocycles. The van der Waals surface area contributed by atoms with E-state index in [1.165, 1.54) is 81.4 Å². The number of nitrogens with zero attached hydrogens (tertiary/aromatic N) is 1.